The standard InChI is InChI=1S/C12H24N4O/c1-10(12(13)14-17)8-15-7-4-11(9-15)16-5-2-3-6-16/h10-11,17H,2-9H2,1H3,(H2,13,14). The summed E-state index contributed by atoms with van der Waals surface area (Å²) in [5.41, 5.74) is 5.61. The Morgan fingerprint density at radius 1 is 1.41 bits per heavy atom. The Morgan fingerprint density at radius 3 is 2.76 bits per heavy atom. The minimum atomic E-state index is 0.136. The Kier molecular flexibility index (Phi) is 4.23. The predicted octanol–water partition coefficient (Wildman–Crippen LogP) is 0.539. The number of nitrogens with two attached hydrogens (primary N) is 1. The molecule has 98 valence electrons. The summed E-state index contributed by atoms with van der Waals surface area (Å²) in [7, 11) is 0. The van der Waals surface area contributed by atoms with Gasteiger partial charge in [0.2, 0.25) is 0 Å². The number of amidine groups is 1. The monoisotopic (exact) mass is 240 g/mol. The van der Waals surface area contributed by atoms with Gasteiger partial charge in [-0.3, -0.25) is 4.90 Å². The van der Waals surface area contributed by atoms with Gasteiger partial charge in [0.25, 0.3) is 0 Å². The maximum Gasteiger partial charge on any atom is 0.143 e. The lowest BCUT2D eigenvalue weighted by Gasteiger charge is -2.24. The van der Waals surface area contributed by atoms with E-state index >= 15 is 0 Å². The van der Waals surface area contributed by atoms with E-state index in [1.54, 1.807) is 0 Å². The molecule has 0 aromatic heterocycles. The first-order chi connectivity index (χ1) is 8.20. The molecule has 0 radical (unpaired) electrons. The molecule has 0 aromatic rings. The van der Waals surface area contributed by atoms with Crippen LogP contribution in [0.25, 0.3) is 0 Å². The van der Waals surface area contributed by atoms with Gasteiger partial charge in [0.15, 0.2) is 0 Å². The van der Waals surface area contributed by atoms with Crippen molar-refractivity contribution in [2.75, 3.05) is 32.7 Å². The topological polar surface area (TPSA) is 65.1 Å². The van der Waals surface area contributed by atoms with E-state index < -0.39 is 0 Å². The summed E-state index contributed by atoms with van der Waals surface area (Å²) in [5.74, 6) is 0.479. The Bertz CT molecular complexity index is 276. The molecule has 2 aliphatic rings. The van der Waals surface area contributed by atoms with Crippen LogP contribution in [0.4, 0.5) is 0 Å². The van der Waals surface area contributed by atoms with Gasteiger partial charge in [-0.1, -0.05) is 12.1 Å². The molecule has 0 bridgehead atoms. The number of hydrogen-bond acceptors (Lipinski definition) is 4. The average Bonchev–Trinajstić information content (AvgIpc) is 2.97. The lowest BCUT2D eigenvalue weighted by atomic mass is 10.1. The van der Waals surface area contributed by atoms with E-state index in [1.807, 2.05) is 6.92 Å². The fraction of sp³-hybridized carbons (Fsp3) is 0.917. The van der Waals surface area contributed by atoms with Crippen LogP contribution < -0.4 is 5.73 Å². The quantitative estimate of drug-likeness (QED) is 0.326. The number of rotatable bonds is 4. The highest BCUT2D eigenvalue weighted by Crippen LogP contribution is 2.20. The molecular formula is C12H24N4O. The number of nitrogens with zero attached hydrogens (tertiary/aromatic N) is 3. The summed E-state index contributed by atoms with van der Waals surface area (Å²) in [6, 6.07) is 0.733. The van der Waals surface area contributed by atoms with Gasteiger partial charge in [-0.05, 0) is 38.9 Å². The molecular weight excluding hydrogens is 216 g/mol. The summed E-state index contributed by atoms with van der Waals surface area (Å²) >= 11 is 0. The Morgan fingerprint density at radius 2 is 2.12 bits per heavy atom. The van der Waals surface area contributed by atoms with Crippen LogP contribution in [0.3, 0.4) is 0 Å². The van der Waals surface area contributed by atoms with Crippen molar-refractivity contribution in [1.29, 1.82) is 0 Å². The fourth-order valence-electron chi connectivity index (χ4n) is 2.96. The molecule has 5 nitrogen and oxygen atoms in total. The first-order valence-electron chi connectivity index (χ1n) is 6.64. The van der Waals surface area contributed by atoms with E-state index in [9.17, 15) is 0 Å². The molecule has 0 spiro atoms. The van der Waals surface area contributed by atoms with Crippen LogP contribution in [0.2, 0.25) is 0 Å². The molecule has 0 saturated carbocycles. The maximum absolute atomic E-state index is 8.64. The lowest BCUT2D eigenvalue weighted by molar-refractivity contribution is 0.227. The molecule has 2 heterocycles. The second-order valence-corrected chi connectivity index (χ2v) is 5.37. The summed E-state index contributed by atoms with van der Waals surface area (Å²) in [6.45, 7) is 7.74. The summed E-state index contributed by atoms with van der Waals surface area (Å²) < 4.78 is 0. The van der Waals surface area contributed by atoms with Crippen LogP contribution in [0, 0.1) is 5.92 Å². The molecule has 2 atom stereocenters. The van der Waals surface area contributed by atoms with Crippen LogP contribution in [0.5, 0.6) is 0 Å². The number of likely N-dealkylation sites (tertiary alicyclic amines) is 2. The fourth-order valence-corrected chi connectivity index (χ4v) is 2.96. The Labute approximate surface area is 103 Å². The lowest BCUT2D eigenvalue weighted by Crippen LogP contribution is -2.38. The predicted molar refractivity (Wildman–Crippen MR) is 68.2 cm³/mol. The molecule has 5 heteroatoms. The van der Waals surface area contributed by atoms with Crippen LogP contribution >= 0.6 is 0 Å². The van der Waals surface area contributed by atoms with E-state index in [0.29, 0.717) is 5.84 Å². The third-order valence-corrected chi connectivity index (χ3v) is 4.06. The minimum absolute atomic E-state index is 0.136. The maximum atomic E-state index is 8.64. The SMILES string of the molecule is CC(CN1CCC(N2CCCC2)C1)C(N)=NO. The van der Waals surface area contributed by atoms with Crippen LogP contribution in [-0.2, 0) is 0 Å². The van der Waals surface area contributed by atoms with Crippen molar-refractivity contribution < 1.29 is 5.21 Å². The van der Waals surface area contributed by atoms with Crippen molar-refractivity contribution in [3.05, 3.63) is 0 Å². The zero-order valence-electron chi connectivity index (χ0n) is 10.7. The van der Waals surface area contributed by atoms with E-state index in [0.717, 1.165) is 25.7 Å². The zero-order valence-corrected chi connectivity index (χ0v) is 10.7. The van der Waals surface area contributed by atoms with Gasteiger partial charge in [-0.2, -0.15) is 0 Å². The second kappa shape index (κ2) is 5.69. The van der Waals surface area contributed by atoms with Gasteiger partial charge in [-0.15, -0.1) is 0 Å². The van der Waals surface area contributed by atoms with Gasteiger partial charge >= 0.3 is 0 Å². The van der Waals surface area contributed by atoms with Crippen molar-refractivity contribution >= 4 is 5.84 Å². The van der Waals surface area contributed by atoms with Crippen molar-refractivity contribution in [2.24, 2.45) is 16.8 Å². The molecule has 0 aliphatic carbocycles. The molecule has 2 rings (SSSR count). The Hall–Kier alpha value is -0.810. The summed E-state index contributed by atoms with van der Waals surface area (Å²) in [4.78, 5) is 5.06. The molecule has 2 unspecified atom stereocenters. The Balaban J connectivity index is 1.77. The minimum Gasteiger partial charge on any atom is -0.409 e. The molecule has 2 fully saturated rings. The second-order valence-electron chi connectivity index (χ2n) is 5.37. The van der Waals surface area contributed by atoms with E-state index in [4.69, 9.17) is 10.9 Å². The van der Waals surface area contributed by atoms with Gasteiger partial charge in [0.05, 0.1) is 0 Å². The first kappa shape index (κ1) is 12.6. The third kappa shape index (κ3) is 3.10. The number of oxime groups is 1. The van der Waals surface area contributed by atoms with Gasteiger partial charge in [0, 0.05) is 25.0 Å². The van der Waals surface area contributed by atoms with Crippen LogP contribution in [0.15, 0.2) is 5.16 Å². The number of hydrogen-bond donors (Lipinski definition) is 2. The van der Waals surface area contributed by atoms with Crippen molar-refractivity contribution in [2.45, 2.75) is 32.2 Å². The van der Waals surface area contributed by atoms with Gasteiger partial charge < -0.3 is 15.8 Å². The normalized spacial score (nSPS) is 29.9. The summed E-state index contributed by atoms with van der Waals surface area (Å²) in [6.07, 6.45) is 3.98. The van der Waals surface area contributed by atoms with E-state index in [1.165, 1.54) is 32.4 Å². The smallest absolute Gasteiger partial charge is 0.143 e. The zero-order chi connectivity index (χ0) is 12.3. The largest absolute Gasteiger partial charge is 0.409 e. The van der Waals surface area contributed by atoms with E-state index in [2.05, 4.69) is 15.0 Å². The van der Waals surface area contributed by atoms with Crippen molar-refractivity contribution in [1.82, 2.24) is 9.80 Å². The molecule has 2 aliphatic heterocycles. The molecule has 3 N–H and O–H groups in total. The van der Waals surface area contributed by atoms with E-state index in [-0.39, 0.29) is 5.92 Å². The van der Waals surface area contributed by atoms with Crippen LogP contribution in [0.1, 0.15) is 26.2 Å². The summed E-state index contributed by atoms with van der Waals surface area (Å²) in [5, 5.41) is 11.7. The molecule has 17 heavy (non-hydrogen) atoms. The highest BCUT2D eigenvalue weighted by atomic mass is 16.4. The van der Waals surface area contributed by atoms with Gasteiger partial charge in [-0.25, -0.2) is 0 Å². The average molecular weight is 240 g/mol. The van der Waals surface area contributed by atoms with Crippen molar-refractivity contribution in [3.8, 4) is 0 Å². The molecule has 2 saturated heterocycles. The van der Waals surface area contributed by atoms with Gasteiger partial charge in [0.1, 0.15) is 5.84 Å². The first-order valence-corrected chi connectivity index (χ1v) is 6.64. The third-order valence-electron chi connectivity index (χ3n) is 4.06. The van der Waals surface area contributed by atoms with Crippen LogP contribution in [-0.4, -0.2) is 59.6 Å². The molecule has 0 aromatic carbocycles. The highest BCUT2D eigenvalue weighted by molar-refractivity contribution is 5.82. The molecule has 0 amide bonds. The highest BCUT2D eigenvalue weighted by Gasteiger charge is 2.29. The van der Waals surface area contributed by atoms with Crippen molar-refractivity contribution in [3.63, 3.8) is 0 Å².